The number of urea groups is 1. The first-order valence-electron chi connectivity index (χ1n) is 9.24. The quantitative estimate of drug-likeness (QED) is 0.825. The summed E-state index contributed by atoms with van der Waals surface area (Å²) in [5.41, 5.74) is 0.597. The molecule has 25 heavy (non-hydrogen) atoms. The third kappa shape index (κ3) is 3.11. The van der Waals surface area contributed by atoms with Gasteiger partial charge in [-0.1, -0.05) is 18.2 Å². The fraction of sp³-hybridized carbons (Fsp3) is 0.579. The van der Waals surface area contributed by atoms with Crippen LogP contribution in [0.4, 0.5) is 10.5 Å². The SMILES string of the molecule is CC1(C2CC2)NC(=O)N(CCN2CCN(c3ccccc3)CC2)C1=O. The van der Waals surface area contributed by atoms with Crippen molar-refractivity contribution < 1.29 is 9.59 Å². The molecule has 6 heteroatoms. The molecule has 1 N–H and O–H groups in total. The van der Waals surface area contributed by atoms with Gasteiger partial charge in [0.05, 0.1) is 0 Å². The molecule has 3 aliphatic rings. The molecule has 6 nitrogen and oxygen atoms in total. The number of para-hydroxylation sites is 1. The maximum absolute atomic E-state index is 12.6. The van der Waals surface area contributed by atoms with Crippen LogP contribution in [0.2, 0.25) is 0 Å². The summed E-state index contributed by atoms with van der Waals surface area (Å²) in [4.78, 5) is 31.0. The van der Waals surface area contributed by atoms with Gasteiger partial charge in [0.2, 0.25) is 0 Å². The molecule has 0 aromatic heterocycles. The number of imide groups is 1. The number of nitrogens with zero attached hydrogens (tertiary/aromatic N) is 3. The first-order chi connectivity index (χ1) is 12.1. The van der Waals surface area contributed by atoms with E-state index in [0.29, 0.717) is 12.5 Å². The van der Waals surface area contributed by atoms with E-state index in [1.54, 1.807) is 0 Å². The summed E-state index contributed by atoms with van der Waals surface area (Å²) in [5.74, 6) is 0.284. The summed E-state index contributed by atoms with van der Waals surface area (Å²) in [6.45, 7) is 6.98. The molecular formula is C19H26N4O2. The second-order valence-electron chi connectivity index (χ2n) is 7.53. The van der Waals surface area contributed by atoms with Crippen LogP contribution in [-0.4, -0.2) is 66.5 Å². The molecule has 1 saturated carbocycles. The average Bonchev–Trinajstić information content (AvgIpc) is 3.45. The Morgan fingerprint density at radius 3 is 2.36 bits per heavy atom. The maximum atomic E-state index is 12.6. The Morgan fingerprint density at radius 1 is 1.04 bits per heavy atom. The van der Waals surface area contributed by atoms with Gasteiger partial charge in [-0.2, -0.15) is 0 Å². The summed E-state index contributed by atoms with van der Waals surface area (Å²) in [6, 6.07) is 10.2. The third-order valence-corrected chi connectivity index (χ3v) is 5.83. The lowest BCUT2D eigenvalue weighted by Gasteiger charge is -2.36. The van der Waals surface area contributed by atoms with Crippen LogP contribution in [0.25, 0.3) is 0 Å². The third-order valence-electron chi connectivity index (χ3n) is 5.83. The molecule has 2 saturated heterocycles. The average molecular weight is 342 g/mol. The number of amides is 3. The van der Waals surface area contributed by atoms with Crippen LogP contribution in [0.5, 0.6) is 0 Å². The van der Waals surface area contributed by atoms with E-state index in [4.69, 9.17) is 0 Å². The number of carbonyl (C=O) groups is 2. The van der Waals surface area contributed by atoms with Crippen LogP contribution in [0.3, 0.4) is 0 Å². The minimum atomic E-state index is -0.664. The Morgan fingerprint density at radius 2 is 1.72 bits per heavy atom. The van der Waals surface area contributed by atoms with Gasteiger partial charge < -0.3 is 10.2 Å². The number of rotatable bonds is 5. The fourth-order valence-electron chi connectivity index (χ4n) is 3.97. The second-order valence-corrected chi connectivity index (χ2v) is 7.53. The van der Waals surface area contributed by atoms with E-state index in [1.165, 1.54) is 10.6 Å². The predicted molar refractivity (Wildman–Crippen MR) is 96.5 cm³/mol. The molecule has 134 valence electrons. The molecule has 0 bridgehead atoms. The summed E-state index contributed by atoms with van der Waals surface area (Å²) in [7, 11) is 0. The zero-order valence-electron chi connectivity index (χ0n) is 14.8. The first-order valence-corrected chi connectivity index (χ1v) is 9.24. The van der Waals surface area contributed by atoms with Crippen LogP contribution >= 0.6 is 0 Å². The molecular weight excluding hydrogens is 316 g/mol. The van der Waals surface area contributed by atoms with Crippen LogP contribution in [0.1, 0.15) is 19.8 Å². The van der Waals surface area contributed by atoms with Crippen molar-refractivity contribution in [3.63, 3.8) is 0 Å². The number of anilines is 1. The highest BCUT2D eigenvalue weighted by Crippen LogP contribution is 2.42. The van der Waals surface area contributed by atoms with Crippen LogP contribution in [0.15, 0.2) is 30.3 Å². The number of piperazine rings is 1. The van der Waals surface area contributed by atoms with E-state index < -0.39 is 5.54 Å². The van der Waals surface area contributed by atoms with Crippen molar-refractivity contribution in [2.45, 2.75) is 25.3 Å². The van der Waals surface area contributed by atoms with Gasteiger partial charge in [0.1, 0.15) is 5.54 Å². The smallest absolute Gasteiger partial charge is 0.325 e. The van der Waals surface area contributed by atoms with Crippen molar-refractivity contribution in [3.05, 3.63) is 30.3 Å². The lowest BCUT2D eigenvalue weighted by atomic mass is 9.96. The largest absolute Gasteiger partial charge is 0.369 e. The van der Waals surface area contributed by atoms with Crippen molar-refractivity contribution in [1.82, 2.24) is 15.1 Å². The van der Waals surface area contributed by atoms with Gasteiger partial charge in [-0.15, -0.1) is 0 Å². The number of nitrogens with one attached hydrogen (secondary N) is 1. The van der Waals surface area contributed by atoms with Gasteiger partial charge in [-0.05, 0) is 37.8 Å². The zero-order valence-corrected chi connectivity index (χ0v) is 14.8. The molecule has 1 aromatic carbocycles. The number of carbonyl (C=O) groups excluding carboxylic acids is 2. The van der Waals surface area contributed by atoms with E-state index in [2.05, 4.69) is 39.4 Å². The van der Waals surface area contributed by atoms with Crippen LogP contribution in [-0.2, 0) is 4.79 Å². The van der Waals surface area contributed by atoms with Crippen molar-refractivity contribution in [2.24, 2.45) is 5.92 Å². The van der Waals surface area contributed by atoms with Crippen LogP contribution in [0, 0.1) is 5.92 Å². The van der Waals surface area contributed by atoms with Crippen molar-refractivity contribution in [3.8, 4) is 0 Å². The molecule has 1 aromatic rings. The van der Waals surface area contributed by atoms with E-state index in [0.717, 1.165) is 45.6 Å². The van der Waals surface area contributed by atoms with Crippen molar-refractivity contribution in [1.29, 1.82) is 0 Å². The molecule has 1 atom stereocenters. The molecule has 1 aliphatic carbocycles. The Kier molecular flexibility index (Phi) is 4.15. The van der Waals surface area contributed by atoms with Crippen molar-refractivity contribution in [2.75, 3.05) is 44.2 Å². The molecule has 0 radical (unpaired) electrons. The number of hydrogen-bond acceptors (Lipinski definition) is 4. The summed E-state index contributed by atoms with van der Waals surface area (Å²) in [6.07, 6.45) is 2.08. The highest BCUT2D eigenvalue weighted by atomic mass is 16.2. The standard InChI is InChI=1S/C19H26N4O2/c1-19(15-7-8-15)17(24)23(18(25)20-19)14-11-21-9-12-22(13-10-21)16-5-3-2-4-6-16/h2-6,15H,7-14H2,1H3,(H,20,25). The first kappa shape index (κ1) is 16.4. The Labute approximate surface area is 148 Å². The number of benzene rings is 1. The van der Waals surface area contributed by atoms with Crippen LogP contribution < -0.4 is 10.2 Å². The summed E-state index contributed by atoms with van der Waals surface area (Å²) >= 11 is 0. The normalized spacial score (nSPS) is 27.7. The lowest BCUT2D eigenvalue weighted by Crippen LogP contribution is -2.49. The molecule has 0 spiro atoms. The molecule has 1 unspecified atom stereocenters. The predicted octanol–water partition coefficient (Wildman–Crippen LogP) is 1.53. The van der Waals surface area contributed by atoms with Gasteiger partial charge in [-0.25, -0.2) is 4.79 Å². The van der Waals surface area contributed by atoms with Gasteiger partial charge in [0.15, 0.2) is 0 Å². The Hall–Kier alpha value is -2.08. The highest BCUT2D eigenvalue weighted by molar-refractivity contribution is 6.07. The maximum Gasteiger partial charge on any atom is 0.325 e. The van der Waals surface area contributed by atoms with E-state index in [1.807, 2.05) is 13.0 Å². The van der Waals surface area contributed by atoms with Gasteiger partial charge in [0.25, 0.3) is 5.91 Å². The van der Waals surface area contributed by atoms with E-state index >= 15 is 0 Å². The minimum absolute atomic E-state index is 0.0390. The molecule has 2 heterocycles. The zero-order chi connectivity index (χ0) is 17.4. The Balaban J connectivity index is 1.28. The van der Waals surface area contributed by atoms with Gasteiger partial charge in [-0.3, -0.25) is 14.6 Å². The lowest BCUT2D eigenvalue weighted by molar-refractivity contribution is -0.131. The second kappa shape index (κ2) is 6.33. The molecule has 3 amide bonds. The van der Waals surface area contributed by atoms with E-state index in [9.17, 15) is 9.59 Å². The summed E-state index contributed by atoms with van der Waals surface area (Å²) in [5, 5.41) is 2.92. The monoisotopic (exact) mass is 342 g/mol. The fourth-order valence-corrected chi connectivity index (χ4v) is 3.97. The number of hydrogen-bond donors (Lipinski definition) is 1. The van der Waals surface area contributed by atoms with E-state index in [-0.39, 0.29) is 11.9 Å². The minimum Gasteiger partial charge on any atom is -0.369 e. The topological polar surface area (TPSA) is 55.9 Å². The molecule has 2 aliphatic heterocycles. The highest BCUT2D eigenvalue weighted by Gasteiger charge is 2.55. The summed E-state index contributed by atoms with van der Waals surface area (Å²) < 4.78 is 0. The van der Waals surface area contributed by atoms with Gasteiger partial charge in [0, 0.05) is 45.0 Å². The van der Waals surface area contributed by atoms with Gasteiger partial charge >= 0.3 is 6.03 Å². The molecule has 4 rings (SSSR count). The Bertz CT molecular complexity index is 653. The molecule has 3 fully saturated rings. The van der Waals surface area contributed by atoms with Crippen molar-refractivity contribution >= 4 is 17.6 Å².